The summed E-state index contributed by atoms with van der Waals surface area (Å²) in [5.41, 5.74) is 5.26. The van der Waals surface area contributed by atoms with Gasteiger partial charge in [0.05, 0.1) is 0 Å². The number of rotatable bonds is 1. The van der Waals surface area contributed by atoms with Gasteiger partial charge in [0, 0.05) is 7.05 Å². The zero-order chi connectivity index (χ0) is 9.30. The van der Waals surface area contributed by atoms with E-state index in [4.69, 9.17) is 5.73 Å². The van der Waals surface area contributed by atoms with Crippen molar-refractivity contribution < 1.29 is 9.59 Å². The van der Waals surface area contributed by atoms with Crippen LogP contribution in [0.15, 0.2) is 5.18 Å². The molecule has 7 nitrogen and oxygen atoms in total. The SMILES string of the molecule is CN1C(=O)NC(N)C(N=O)C1=O. The smallest absolute Gasteiger partial charge is 0.320 e. The molecule has 66 valence electrons. The Bertz CT molecular complexity index is 241. The largest absolute Gasteiger partial charge is 0.325 e. The van der Waals surface area contributed by atoms with Crippen LogP contribution in [0, 0.1) is 4.91 Å². The molecule has 0 spiro atoms. The first-order valence-electron chi connectivity index (χ1n) is 3.24. The third-order valence-corrected chi connectivity index (χ3v) is 1.63. The molecule has 3 amide bonds. The van der Waals surface area contributed by atoms with Crippen molar-refractivity contribution in [2.45, 2.75) is 12.2 Å². The van der Waals surface area contributed by atoms with Gasteiger partial charge >= 0.3 is 6.03 Å². The van der Waals surface area contributed by atoms with Crippen molar-refractivity contribution >= 4 is 11.9 Å². The maximum Gasteiger partial charge on any atom is 0.325 e. The summed E-state index contributed by atoms with van der Waals surface area (Å²) in [6.07, 6.45) is -1.02. The summed E-state index contributed by atoms with van der Waals surface area (Å²) in [5.74, 6) is -0.679. The maximum atomic E-state index is 11.1. The first-order chi connectivity index (χ1) is 5.57. The number of hydrogen-bond acceptors (Lipinski definition) is 5. The fourth-order valence-electron chi connectivity index (χ4n) is 0.881. The molecule has 0 aliphatic carbocycles. The highest BCUT2D eigenvalue weighted by molar-refractivity contribution is 6.00. The van der Waals surface area contributed by atoms with Crippen LogP contribution in [0.3, 0.4) is 0 Å². The standard InChI is InChI=1S/C5H8N4O3/c1-9-4(10)2(8-12)3(6)7-5(9)11/h2-3H,6H2,1H3,(H,7,11). The number of amides is 3. The van der Waals surface area contributed by atoms with Gasteiger partial charge in [-0.25, -0.2) is 4.79 Å². The second-order valence-electron chi connectivity index (χ2n) is 2.42. The van der Waals surface area contributed by atoms with Gasteiger partial charge < -0.3 is 11.1 Å². The quantitative estimate of drug-likeness (QED) is 0.474. The molecule has 0 aromatic heterocycles. The minimum Gasteiger partial charge on any atom is -0.320 e. The molecule has 2 unspecified atom stereocenters. The Labute approximate surface area is 67.9 Å². The van der Waals surface area contributed by atoms with Crippen LogP contribution in [0.2, 0.25) is 0 Å². The van der Waals surface area contributed by atoms with Gasteiger partial charge in [0.1, 0.15) is 6.17 Å². The van der Waals surface area contributed by atoms with E-state index < -0.39 is 24.1 Å². The molecule has 1 rings (SSSR count). The third kappa shape index (κ3) is 1.14. The van der Waals surface area contributed by atoms with E-state index in [1.54, 1.807) is 0 Å². The van der Waals surface area contributed by atoms with E-state index in [0.29, 0.717) is 0 Å². The van der Waals surface area contributed by atoms with Crippen LogP contribution in [0.5, 0.6) is 0 Å². The minimum atomic E-state index is -1.22. The average Bonchev–Trinajstić information content (AvgIpc) is 2.01. The number of carbonyl (C=O) groups is 2. The first-order valence-corrected chi connectivity index (χ1v) is 3.24. The molecule has 7 heteroatoms. The van der Waals surface area contributed by atoms with Gasteiger partial charge in [0.15, 0.2) is 0 Å². The Morgan fingerprint density at radius 3 is 2.67 bits per heavy atom. The summed E-state index contributed by atoms with van der Waals surface area (Å²) in [7, 11) is 1.25. The predicted octanol–water partition coefficient (Wildman–Crippen LogP) is -1.41. The Morgan fingerprint density at radius 2 is 2.17 bits per heavy atom. The molecule has 0 radical (unpaired) electrons. The maximum absolute atomic E-state index is 11.1. The summed E-state index contributed by atoms with van der Waals surface area (Å²) >= 11 is 0. The van der Waals surface area contributed by atoms with Gasteiger partial charge in [-0.15, -0.1) is 4.91 Å². The molecule has 1 heterocycles. The van der Waals surface area contributed by atoms with Gasteiger partial charge in [0.2, 0.25) is 6.04 Å². The van der Waals surface area contributed by atoms with Gasteiger partial charge in [-0.05, 0) is 0 Å². The van der Waals surface area contributed by atoms with Crippen LogP contribution in [-0.2, 0) is 4.79 Å². The predicted molar refractivity (Wildman–Crippen MR) is 38.9 cm³/mol. The zero-order valence-corrected chi connectivity index (χ0v) is 6.35. The van der Waals surface area contributed by atoms with Crippen molar-refractivity contribution in [2.75, 3.05) is 7.05 Å². The molecule has 1 saturated heterocycles. The van der Waals surface area contributed by atoms with Crippen molar-refractivity contribution in [3.8, 4) is 0 Å². The number of urea groups is 1. The highest BCUT2D eigenvalue weighted by Crippen LogP contribution is 2.05. The molecule has 0 aromatic rings. The molecular weight excluding hydrogens is 164 g/mol. The summed E-state index contributed by atoms with van der Waals surface area (Å²) in [6, 6.07) is -1.83. The Balaban J connectivity index is 2.86. The lowest BCUT2D eigenvalue weighted by Gasteiger charge is -2.29. The molecule has 1 fully saturated rings. The van der Waals surface area contributed by atoms with E-state index in [1.807, 2.05) is 0 Å². The second kappa shape index (κ2) is 2.86. The number of nitrogens with zero attached hydrogens (tertiary/aromatic N) is 2. The Hall–Kier alpha value is -1.50. The summed E-state index contributed by atoms with van der Waals surface area (Å²) < 4.78 is 0. The van der Waals surface area contributed by atoms with Crippen molar-refractivity contribution in [1.82, 2.24) is 10.2 Å². The topological polar surface area (TPSA) is 105 Å². The lowest BCUT2D eigenvalue weighted by atomic mass is 10.2. The van der Waals surface area contributed by atoms with Crippen LogP contribution < -0.4 is 11.1 Å². The molecule has 3 N–H and O–H groups in total. The van der Waals surface area contributed by atoms with E-state index in [2.05, 4.69) is 10.5 Å². The number of nitroso groups, excluding NO2 is 1. The lowest BCUT2D eigenvalue weighted by Crippen LogP contribution is -2.64. The fourth-order valence-corrected chi connectivity index (χ4v) is 0.881. The zero-order valence-electron chi connectivity index (χ0n) is 6.35. The van der Waals surface area contributed by atoms with Crippen molar-refractivity contribution in [3.63, 3.8) is 0 Å². The van der Waals surface area contributed by atoms with E-state index in [-0.39, 0.29) is 0 Å². The number of nitrogens with one attached hydrogen (secondary N) is 1. The minimum absolute atomic E-state index is 0.618. The molecule has 0 bridgehead atoms. The van der Waals surface area contributed by atoms with E-state index >= 15 is 0 Å². The van der Waals surface area contributed by atoms with Crippen molar-refractivity contribution in [3.05, 3.63) is 4.91 Å². The summed E-state index contributed by atoms with van der Waals surface area (Å²) in [4.78, 5) is 32.8. The molecule has 1 aliphatic heterocycles. The number of nitrogens with two attached hydrogens (primary N) is 1. The molecular formula is C5H8N4O3. The third-order valence-electron chi connectivity index (χ3n) is 1.63. The van der Waals surface area contributed by atoms with E-state index in [1.165, 1.54) is 7.05 Å². The normalized spacial score (nSPS) is 30.0. The highest BCUT2D eigenvalue weighted by atomic mass is 16.3. The summed E-state index contributed by atoms with van der Waals surface area (Å²) in [6.45, 7) is 0. The Kier molecular flexibility index (Phi) is 2.05. The van der Waals surface area contributed by atoms with Crippen LogP contribution in [0.25, 0.3) is 0 Å². The molecule has 12 heavy (non-hydrogen) atoms. The Morgan fingerprint density at radius 1 is 1.58 bits per heavy atom. The van der Waals surface area contributed by atoms with Crippen molar-refractivity contribution in [1.29, 1.82) is 0 Å². The first kappa shape index (κ1) is 8.60. The van der Waals surface area contributed by atoms with Gasteiger partial charge in [0.25, 0.3) is 5.91 Å². The second-order valence-corrected chi connectivity index (χ2v) is 2.42. The fraction of sp³-hybridized carbons (Fsp3) is 0.600. The molecule has 2 atom stereocenters. The highest BCUT2D eigenvalue weighted by Gasteiger charge is 2.38. The number of hydrogen-bond donors (Lipinski definition) is 2. The van der Waals surface area contributed by atoms with E-state index in [9.17, 15) is 14.5 Å². The van der Waals surface area contributed by atoms with Gasteiger partial charge in [-0.1, -0.05) is 5.18 Å². The van der Waals surface area contributed by atoms with E-state index in [0.717, 1.165) is 4.90 Å². The monoisotopic (exact) mass is 172 g/mol. The molecule has 0 saturated carbocycles. The van der Waals surface area contributed by atoms with Crippen LogP contribution in [-0.4, -0.2) is 36.1 Å². The molecule has 1 aliphatic rings. The van der Waals surface area contributed by atoms with Crippen LogP contribution >= 0.6 is 0 Å². The summed E-state index contributed by atoms with van der Waals surface area (Å²) in [5, 5.41) is 4.72. The molecule has 0 aromatic carbocycles. The van der Waals surface area contributed by atoms with Crippen LogP contribution in [0.1, 0.15) is 0 Å². The van der Waals surface area contributed by atoms with Crippen molar-refractivity contribution in [2.24, 2.45) is 10.9 Å². The number of likely N-dealkylation sites (N-methyl/N-ethyl adjacent to an activating group) is 1. The lowest BCUT2D eigenvalue weighted by molar-refractivity contribution is -0.130. The van der Waals surface area contributed by atoms with Gasteiger partial charge in [-0.3, -0.25) is 9.69 Å². The number of carbonyl (C=O) groups excluding carboxylic acids is 2. The van der Waals surface area contributed by atoms with Gasteiger partial charge in [-0.2, -0.15) is 0 Å². The average molecular weight is 172 g/mol. The number of imide groups is 1. The van der Waals surface area contributed by atoms with Crippen LogP contribution in [0.4, 0.5) is 4.79 Å².